The molecule has 1 aliphatic heterocycles. The van der Waals surface area contributed by atoms with E-state index in [0.29, 0.717) is 17.2 Å². The number of carbonyl (C=O) groups excluding carboxylic acids is 2. The molecule has 1 N–H and O–H groups in total. The van der Waals surface area contributed by atoms with Crippen molar-refractivity contribution in [1.82, 2.24) is 4.98 Å². The predicted molar refractivity (Wildman–Crippen MR) is 99.3 cm³/mol. The Balaban J connectivity index is 1.83. The number of hydrogen-bond acceptors (Lipinski definition) is 7. The van der Waals surface area contributed by atoms with Crippen LogP contribution in [0.1, 0.15) is 39.3 Å². The molecule has 138 valence electrons. The number of carbonyl (C=O) groups is 2. The van der Waals surface area contributed by atoms with Crippen molar-refractivity contribution in [3.05, 3.63) is 41.4 Å². The fourth-order valence-electron chi connectivity index (χ4n) is 3.19. The lowest BCUT2D eigenvalue weighted by Gasteiger charge is -2.23. The number of ether oxygens (including phenoxy) is 2. The molecular formula is C19H22N2O4S. The van der Waals surface area contributed by atoms with Crippen LogP contribution in [0, 0.1) is 5.41 Å². The number of nitrogens with one attached hydrogen (secondary N) is 1. The topological polar surface area (TPSA) is 77.5 Å². The molecule has 26 heavy (non-hydrogen) atoms. The first-order valence-electron chi connectivity index (χ1n) is 8.62. The Kier molecular flexibility index (Phi) is 5.00. The Hall–Kier alpha value is -2.41. The zero-order valence-corrected chi connectivity index (χ0v) is 15.9. The number of nitrogens with zero attached hydrogens (tertiary/aromatic N) is 1. The van der Waals surface area contributed by atoms with Crippen LogP contribution in [0.25, 0.3) is 0 Å². The van der Waals surface area contributed by atoms with E-state index in [4.69, 9.17) is 9.47 Å². The van der Waals surface area contributed by atoms with E-state index in [1.165, 1.54) is 11.3 Å². The molecule has 0 saturated carbocycles. The molecule has 2 atom stereocenters. The standard InChI is InChI=1S/C19H22N2O4S/c1-4-19(15(22)24-5-2)12-18(3,25-16(19)23)14-11-26-17(21-14)20-13-9-7-6-8-10-13/h6-11H,4-5,12H2,1-3H3,(H,20,21). The molecule has 0 spiro atoms. The van der Waals surface area contributed by atoms with Crippen LogP contribution in [0.5, 0.6) is 0 Å². The average Bonchev–Trinajstić information content (AvgIpc) is 3.20. The molecule has 0 radical (unpaired) electrons. The van der Waals surface area contributed by atoms with Crippen LogP contribution >= 0.6 is 11.3 Å². The number of anilines is 2. The molecule has 1 saturated heterocycles. The van der Waals surface area contributed by atoms with Crippen molar-refractivity contribution in [2.24, 2.45) is 5.41 Å². The van der Waals surface area contributed by atoms with Gasteiger partial charge in [-0.05, 0) is 32.4 Å². The number of hydrogen-bond donors (Lipinski definition) is 1. The Labute approximate surface area is 156 Å². The summed E-state index contributed by atoms with van der Waals surface area (Å²) in [5, 5.41) is 5.79. The Morgan fingerprint density at radius 3 is 2.73 bits per heavy atom. The summed E-state index contributed by atoms with van der Waals surface area (Å²) in [5.41, 5.74) is -0.653. The van der Waals surface area contributed by atoms with Gasteiger partial charge in [-0.2, -0.15) is 0 Å². The molecule has 2 unspecified atom stereocenters. The van der Waals surface area contributed by atoms with Gasteiger partial charge >= 0.3 is 11.9 Å². The maximum atomic E-state index is 12.6. The van der Waals surface area contributed by atoms with E-state index in [2.05, 4.69) is 10.3 Å². The van der Waals surface area contributed by atoms with Crippen molar-refractivity contribution >= 4 is 34.1 Å². The van der Waals surface area contributed by atoms with E-state index in [9.17, 15) is 9.59 Å². The highest BCUT2D eigenvalue weighted by Crippen LogP contribution is 2.49. The normalized spacial score (nSPS) is 25.0. The fraction of sp³-hybridized carbons (Fsp3) is 0.421. The lowest BCUT2D eigenvalue weighted by Crippen LogP contribution is -2.37. The number of para-hydroxylation sites is 1. The number of aromatic nitrogens is 1. The van der Waals surface area contributed by atoms with E-state index < -0.39 is 23.0 Å². The van der Waals surface area contributed by atoms with Crippen molar-refractivity contribution in [1.29, 1.82) is 0 Å². The minimum atomic E-state index is -1.26. The smallest absolute Gasteiger partial charge is 0.324 e. The highest BCUT2D eigenvalue weighted by atomic mass is 32.1. The number of esters is 2. The van der Waals surface area contributed by atoms with Crippen LogP contribution in [-0.2, 0) is 24.7 Å². The van der Waals surface area contributed by atoms with Crippen LogP contribution < -0.4 is 5.32 Å². The molecule has 2 heterocycles. The van der Waals surface area contributed by atoms with E-state index in [1.807, 2.05) is 35.7 Å². The molecule has 0 aliphatic carbocycles. The molecule has 0 bridgehead atoms. The van der Waals surface area contributed by atoms with Crippen molar-refractivity contribution in [2.75, 3.05) is 11.9 Å². The molecule has 1 aliphatic rings. The van der Waals surface area contributed by atoms with Crippen LogP contribution in [0.4, 0.5) is 10.8 Å². The summed E-state index contributed by atoms with van der Waals surface area (Å²) in [7, 11) is 0. The monoisotopic (exact) mass is 374 g/mol. The zero-order chi connectivity index (χ0) is 18.8. The van der Waals surface area contributed by atoms with Crippen LogP contribution in [-0.4, -0.2) is 23.5 Å². The second kappa shape index (κ2) is 7.07. The van der Waals surface area contributed by atoms with Gasteiger partial charge in [0.25, 0.3) is 0 Å². The quantitative estimate of drug-likeness (QED) is 0.608. The predicted octanol–water partition coefficient (Wildman–Crippen LogP) is 4.01. The summed E-state index contributed by atoms with van der Waals surface area (Å²) in [4.78, 5) is 29.6. The number of benzene rings is 1. The summed E-state index contributed by atoms with van der Waals surface area (Å²) in [6.07, 6.45) is 0.558. The summed E-state index contributed by atoms with van der Waals surface area (Å²) >= 11 is 1.43. The van der Waals surface area contributed by atoms with Crippen molar-refractivity contribution in [3.8, 4) is 0 Å². The lowest BCUT2D eigenvalue weighted by atomic mass is 9.78. The molecule has 1 aromatic heterocycles. The van der Waals surface area contributed by atoms with Crippen LogP contribution in [0.2, 0.25) is 0 Å². The molecule has 0 amide bonds. The second-order valence-electron chi connectivity index (χ2n) is 6.48. The number of thiazole rings is 1. The Bertz CT molecular complexity index is 807. The third-order valence-electron chi connectivity index (χ3n) is 4.69. The SMILES string of the molecule is CCOC(=O)C1(CC)CC(C)(c2csc(Nc3ccccc3)n2)OC1=O. The zero-order valence-electron chi connectivity index (χ0n) is 15.1. The van der Waals surface area contributed by atoms with Gasteiger partial charge in [-0.3, -0.25) is 9.59 Å². The maximum Gasteiger partial charge on any atom is 0.324 e. The molecule has 1 fully saturated rings. The number of rotatable bonds is 6. The van der Waals surface area contributed by atoms with Crippen molar-refractivity contribution in [2.45, 2.75) is 39.2 Å². The first-order chi connectivity index (χ1) is 12.4. The second-order valence-corrected chi connectivity index (χ2v) is 7.34. The van der Waals surface area contributed by atoms with E-state index >= 15 is 0 Å². The van der Waals surface area contributed by atoms with Gasteiger partial charge in [0.2, 0.25) is 0 Å². The highest BCUT2D eigenvalue weighted by molar-refractivity contribution is 7.13. The first-order valence-corrected chi connectivity index (χ1v) is 9.50. The average molecular weight is 374 g/mol. The van der Waals surface area contributed by atoms with Gasteiger partial charge in [0.05, 0.1) is 12.3 Å². The van der Waals surface area contributed by atoms with Crippen molar-refractivity contribution in [3.63, 3.8) is 0 Å². The van der Waals surface area contributed by atoms with E-state index in [0.717, 1.165) is 5.69 Å². The fourth-order valence-corrected chi connectivity index (χ4v) is 4.04. The van der Waals surface area contributed by atoms with E-state index in [1.54, 1.807) is 20.8 Å². The van der Waals surface area contributed by atoms with Gasteiger partial charge in [-0.25, -0.2) is 4.98 Å². The molecule has 7 heteroatoms. The Morgan fingerprint density at radius 1 is 1.35 bits per heavy atom. The van der Waals surface area contributed by atoms with Gasteiger partial charge in [0.1, 0.15) is 0 Å². The third kappa shape index (κ3) is 3.19. The van der Waals surface area contributed by atoms with Crippen LogP contribution in [0.3, 0.4) is 0 Å². The van der Waals surface area contributed by atoms with Crippen LogP contribution in [0.15, 0.2) is 35.7 Å². The molecule has 3 rings (SSSR count). The molecule has 1 aromatic carbocycles. The van der Waals surface area contributed by atoms with Gasteiger partial charge in [0, 0.05) is 17.5 Å². The van der Waals surface area contributed by atoms with Gasteiger partial charge in [0.15, 0.2) is 16.1 Å². The summed E-state index contributed by atoms with van der Waals surface area (Å²) in [6, 6.07) is 9.71. The molecule has 2 aromatic rings. The van der Waals surface area contributed by atoms with Crippen molar-refractivity contribution < 1.29 is 19.1 Å². The lowest BCUT2D eigenvalue weighted by molar-refractivity contribution is -0.166. The third-order valence-corrected chi connectivity index (χ3v) is 5.45. The highest BCUT2D eigenvalue weighted by Gasteiger charge is 2.60. The first kappa shape index (κ1) is 18.4. The summed E-state index contributed by atoms with van der Waals surface area (Å²) in [5.74, 6) is -1.05. The van der Waals surface area contributed by atoms with E-state index in [-0.39, 0.29) is 13.0 Å². The summed E-state index contributed by atoms with van der Waals surface area (Å²) < 4.78 is 10.8. The summed E-state index contributed by atoms with van der Waals surface area (Å²) in [6.45, 7) is 5.55. The van der Waals surface area contributed by atoms with Gasteiger partial charge < -0.3 is 14.8 Å². The Morgan fingerprint density at radius 2 is 2.08 bits per heavy atom. The largest absolute Gasteiger partial charge is 0.465 e. The van der Waals surface area contributed by atoms with Gasteiger partial charge in [-0.1, -0.05) is 25.1 Å². The minimum Gasteiger partial charge on any atom is -0.465 e. The molecule has 6 nitrogen and oxygen atoms in total. The minimum absolute atomic E-state index is 0.225. The molecular weight excluding hydrogens is 352 g/mol. The number of cyclic esters (lactones) is 1. The maximum absolute atomic E-state index is 12.6. The van der Waals surface area contributed by atoms with Gasteiger partial charge in [-0.15, -0.1) is 11.3 Å².